The van der Waals surface area contributed by atoms with E-state index in [0.717, 1.165) is 63.3 Å². The molecular formula is C26H25N7. The number of pyridine rings is 1. The Bertz CT molecular complexity index is 1450. The molecule has 0 spiro atoms. The molecule has 2 N–H and O–H groups in total. The van der Waals surface area contributed by atoms with Gasteiger partial charge in [-0.05, 0) is 38.7 Å². The van der Waals surface area contributed by atoms with E-state index in [1.54, 1.807) is 0 Å². The summed E-state index contributed by atoms with van der Waals surface area (Å²) in [6.07, 6.45) is 8.63. The number of nitrogens with zero attached hydrogens (tertiary/aromatic N) is 5. The zero-order valence-electron chi connectivity index (χ0n) is 18.5. The van der Waals surface area contributed by atoms with Gasteiger partial charge in [0.25, 0.3) is 0 Å². The fourth-order valence-corrected chi connectivity index (χ4v) is 5.76. The number of aromatic nitrogens is 6. The minimum atomic E-state index is 0.439. The number of H-pyrrole nitrogens is 1. The first-order valence-electron chi connectivity index (χ1n) is 11.7. The highest BCUT2D eigenvalue weighted by Gasteiger charge is 2.36. The van der Waals surface area contributed by atoms with Crippen molar-refractivity contribution in [1.82, 2.24) is 35.1 Å². The molecule has 4 aromatic heterocycles. The summed E-state index contributed by atoms with van der Waals surface area (Å²) in [7, 11) is 0. The van der Waals surface area contributed by atoms with Crippen LogP contribution in [0.1, 0.15) is 43.0 Å². The van der Waals surface area contributed by atoms with Crippen molar-refractivity contribution in [2.24, 2.45) is 0 Å². The Morgan fingerprint density at radius 3 is 2.48 bits per heavy atom. The molecule has 3 atom stereocenters. The molecule has 2 aliphatic heterocycles. The molecule has 2 aliphatic rings. The maximum atomic E-state index is 5.26. The van der Waals surface area contributed by atoms with Crippen molar-refractivity contribution in [3.63, 3.8) is 0 Å². The Morgan fingerprint density at radius 2 is 1.73 bits per heavy atom. The van der Waals surface area contributed by atoms with Gasteiger partial charge in [0, 0.05) is 46.6 Å². The van der Waals surface area contributed by atoms with Gasteiger partial charge in [-0.1, -0.05) is 36.4 Å². The zero-order valence-corrected chi connectivity index (χ0v) is 18.5. The van der Waals surface area contributed by atoms with Gasteiger partial charge in [0.2, 0.25) is 0 Å². The smallest absolute Gasteiger partial charge is 0.186 e. The Balaban J connectivity index is 1.36. The second kappa shape index (κ2) is 7.22. The Hall–Kier alpha value is -3.58. The lowest BCUT2D eigenvalue weighted by Gasteiger charge is -2.29. The van der Waals surface area contributed by atoms with Gasteiger partial charge in [-0.15, -0.1) is 0 Å². The Labute approximate surface area is 191 Å². The van der Waals surface area contributed by atoms with E-state index in [4.69, 9.17) is 9.97 Å². The van der Waals surface area contributed by atoms with Crippen LogP contribution in [0, 0.1) is 6.92 Å². The van der Waals surface area contributed by atoms with Crippen LogP contribution < -0.4 is 5.32 Å². The van der Waals surface area contributed by atoms with E-state index in [-0.39, 0.29) is 0 Å². The highest BCUT2D eigenvalue weighted by molar-refractivity contribution is 5.87. The van der Waals surface area contributed by atoms with E-state index < -0.39 is 0 Å². The number of rotatable bonds is 3. The van der Waals surface area contributed by atoms with Crippen LogP contribution in [0.3, 0.4) is 0 Å². The highest BCUT2D eigenvalue weighted by atomic mass is 15.3. The van der Waals surface area contributed by atoms with E-state index in [2.05, 4.69) is 51.8 Å². The summed E-state index contributed by atoms with van der Waals surface area (Å²) in [5.74, 6) is 0.439. The van der Waals surface area contributed by atoms with Crippen LogP contribution in [0.2, 0.25) is 0 Å². The van der Waals surface area contributed by atoms with Gasteiger partial charge in [0.1, 0.15) is 0 Å². The molecule has 0 radical (unpaired) electrons. The normalized spacial score (nSPS) is 22.4. The first kappa shape index (κ1) is 18.9. The topological polar surface area (TPSA) is 83.8 Å². The number of fused-ring (bicyclic) bond motifs is 5. The summed E-state index contributed by atoms with van der Waals surface area (Å²) < 4.78 is 1.87. The van der Waals surface area contributed by atoms with Crippen molar-refractivity contribution in [2.75, 3.05) is 0 Å². The third-order valence-corrected chi connectivity index (χ3v) is 7.36. The maximum Gasteiger partial charge on any atom is 0.186 e. The minimum absolute atomic E-state index is 0.439. The number of aromatic amines is 1. The molecule has 6 heterocycles. The van der Waals surface area contributed by atoms with Crippen LogP contribution >= 0.6 is 0 Å². The summed E-state index contributed by atoms with van der Waals surface area (Å²) in [6, 6.07) is 15.6. The third-order valence-electron chi connectivity index (χ3n) is 7.36. The van der Waals surface area contributed by atoms with Crippen molar-refractivity contribution in [1.29, 1.82) is 0 Å². The van der Waals surface area contributed by atoms with Crippen LogP contribution in [0.15, 0.2) is 54.9 Å². The largest absolute Gasteiger partial charge is 0.311 e. The van der Waals surface area contributed by atoms with E-state index in [1.165, 1.54) is 12.8 Å². The summed E-state index contributed by atoms with van der Waals surface area (Å²) in [4.78, 5) is 9.98. The van der Waals surface area contributed by atoms with Crippen LogP contribution in [0.25, 0.3) is 39.1 Å². The SMILES string of the molecule is Cc1[nH]nc2c1c(C1C[C@H]3CC[C@@H](C1)N3)nc1c(-c3ccc(-c4ccccc4)nc3)cnn12. The van der Waals surface area contributed by atoms with Gasteiger partial charge < -0.3 is 5.32 Å². The second-order valence-electron chi connectivity index (χ2n) is 9.44. The molecule has 1 unspecified atom stereocenters. The van der Waals surface area contributed by atoms with Crippen LogP contribution in [-0.2, 0) is 0 Å². The summed E-state index contributed by atoms with van der Waals surface area (Å²) in [5, 5.41) is 17.4. The molecule has 7 heteroatoms. The van der Waals surface area contributed by atoms with E-state index in [0.29, 0.717) is 18.0 Å². The van der Waals surface area contributed by atoms with E-state index in [1.807, 2.05) is 35.1 Å². The number of benzene rings is 1. The second-order valence-corrected chi connectivity index (χ2v) is 9.44. The number of aryl methyl sites for hydroxylation is 1. The van der Waals surface area contributed by atoms with Gasteiger partial charge in [-0.25, -0.2) is 4.98 Å². The van der Waals surface area contributed by atoms with Crippen LogP contribution in [-0.4, -0.2) is 41.9 Å². The molecule has 2 fully saturated rings. The van der Waals surface area contributed by atoms with Gasteiger partial charge in [0.05, 0.1) is 23.0 Å². The molecule has 164 valence electrons. The monoisotopic (exact) mass is 435 g/mol. The van der Waals surface area contributed by atoms with Crippen LogP contribution in [0.4, 0.5) is 0 Å². The molecule has 5 aromatic rings. The number of hydrogen-bond donors (Lipinski definition) is 2. The average Bonchev–Trinajstić information content (AvgIpc) is 3.56. The minimum Gasteiger partial charge on any atom is -0.311 e. The lowest BCUT2D eigenvalue weighted by molar-refractivity contribution is 0.360. The van der Waals surface area contributed by atoms with Gasteiger partial charge in [-0.3, -0.25) is 10.1 Å². The predicted octanol–water partition coefficient (Wildman–Crippen LogP) is 4.64. The lowest BCUT2D eigenvalue weighted by Crippen LogP contribution is -2.37. The Morgan fingerprint density at radius 1 is 0.909 bits per heavy atom. The number of hydrogen-bond acceptors (Lipinski definition) is 5. The molecule has 33 heavy (non-hydrogen) atoms. The number of nitrogens with one attached hydrogen (secondary N) is 2. The highest BCUT2D eigenvalue weighted by Crippen LogP contribution is 2.40. The fraction of sp³-hybridized carbons (Fsp3) is 0.308. The molecule has 7 rings (SSSR count). The van der Waals surface area contributed by atoms with E-state index >= 15 is 0 Å². The Kier molecular flexibility index (Phi) is 4.14. The zero-order chi connectivity index (χ0) is 21.9. The summed E-state index contributed by atoms with van der Waals surface area (Å²) in [6.45, 7) is 2.08. The fourth-order valence-electron chi connectivity index (χ4n) is 5.76. The van der Waals surface area contributed by atoms with Gasteiger partial charge in [0.15, 0.2) is 11.3 Å². The standard InChI is InChI=1S/C26H25N7/c1-15-23-24(18-11-19-8-9-20(12-18)29-19)30-25-21(14-28-33(25)26(23)32-31-15)17-7-10-22(27-13-17)16-5-3-2-4-6-16/h2-7,10,13-14,18-20,29H,8-9,11-12H2,1H3,(H,31,32)/t18?,19-,20+. The molecule has 0 aliphatic carbocycles. The maximum absolute atomic E-state index is 5.26. The number of piperidine rings is 1. The molecule has 7 nitrogen and oxygen atoms in total. The van der Waals surface area contributed by atoms with Crippen molar-refractivity contribution < 1.29 is 0 Å². The van der Waals surface area contributed by atoms with Gasteiger partial charge >= 0.3 is 0 Å². The molecule has 1 aromatic carbocycles. The molecule has 2 saturated heterocycles. The van der Waals surface area contributed by atoms with Crippen molar-refractivity contribution in [3.05, 3.63) is 66.2 Å². The van der Waals surface area contributed by atoms with Crippen molar-refractivity contribution in [3.8, 4) is 22.4 Å². The first-order valence-corrected chi connectivity index (χ1v) is 11.7. The predicted molar refractivity (Wildman–Crippen MR) is 128 cm³/mol. The molecular weight excluding hydrogens is 410 g/mol. The van der Waals surface area contributed by atoms with E-state index in [9.17, 15) is 0 Å². The summed E-state index contributed by atoms with van der Waals surface area (Å²) in [5.41, 5.74) is 8.01. The van der Waals surface area contributed by atoms with Crippen molar-refractivity contribution >= 4 is 16.7 Å². The molecule has 2 bridgehead atoms. The quantitative estimate of drug-likeness (QED) is 0.431. The van der Waals surface area contributed by atoms with Gasteiger partial charge in [-0.2, -0.15) is 14.7 Å². The summed E-state index contributed by atoms with van der Waals surface area (Å²) >= 11 is 0. The lowest BCUT2D eigenvalue weighted by atomic mass is 9.88. The first-order chi connectivity index (χ1) is 16.2. The molecule has 0 amide bonds. The molecule has 0 saturated carbocycles. The van der Waals surface area contributed by atoms with Crippen LogP contribution in [0.5, 0.6) is 0 Å². The average molecular weight is 436 g/mol. The van der Waals surface area contributed by atoms with Crippen molar-refractivity contribution in [2.45, 2.75) is 50.6 Å². The third kappa shape index (κ3) is 2.99.